The molecular formula is C22H23N3O3. The Morgan fingerprint density at radius 2 is 1.93 bits per heavy atom. The SMILES string of the molecule is COc1ccc(OC)c(CN(C(=O)c2cnn(-c3ccccc3)c2)C2CC2)c1. The van der Waals surface area contributed by atoms with Crippen molar-refractivity contribution in [2.75, 3.05) is 14.2 Å². The van der Waals surface area contributed by atoms with Crippen molar-refractivity contribution in [3.05, 3.63) is 72.1 Å². The minimum Gasteiger partial charge on any atom is -0.497 e. The first-order valence-corrected chi connectivity index (χ1v) is 9.31. The van der Waals surface area contributed by atoms with E-state index in [0.717, 1.165) is 35.6 Å². The number of hydrogen-bond acceptors (Lipinski definition) is 4. The lowest BCUT2D eigenvalue weighted by atomic mass is 10.1. The number of aromatic nitrogens is 2. The second-order valence-corrected chi connectivity index (χ2v) is 6.85. The molecule has 0 N–H and O–H groups in total. The standard InChI is InChI=1S/C22H23N3O3/c1-27-20-10-11-21(28-2)16(12-20)14-24(18-8-9-18)22(26)17-13-23-25(15-17)19-6-4-3-5-7-19/h3-7,10-13,15,18H,8-9,14H2,1-2H3. The van der Waals surface area contributed by atoms with Gasteiger partial charge in [-0.05, 0) is 43.2 Å². The largest absolute Gasteiger partial charge is 0.497 e. The van der Waals surface area contributed by atoms with E-state index in [4.69, 9.17) is 9.47 Å². The maximum Gasteiger partial charge on any atom is 0.257 e. The van der Waals surface area contributed by atoms with Crippen molar-refractivity contribution in [2.45, 2.75) is 25.4 Å². The van der Waals surface area contributed by atoms with Gasteiger partial charge in [0.2, 0.25) is 0 Å². The molecule has 0 radical (unpaired) electrons. The van der Waals surface area contributed by atoms with Gasteiger partial charge in [0.15, 0.2) is 0 Å². The summed E-state index contributed by atoms with van der Waals surface area (Å²) < 4.78 is 12.5. The molecule has 3 aromatic rings. The summed E-state index contributed by atoms with van der Waals surface area (Å²) in [4.78, 5) is 15.1. The van der Waals surface area contributed by atoms with Crippen molar-refractivity contribution in [3.8, 4) is 17.2 Å². The van der Waals surface area contributed by atoms with Gasteiger partial charge in [0.05, 0.1) is 38.2 Å². The molecule has 6 heteroatoms. The van der Waals surface area contributed by atoms with E-state index in [9.17, 15) is 4.79 Å². The van der Waals surface area contributed by atoms with Crippen LogP contribution in [0.2, 0.25) is 0 Å². The predicted octanol–water partition coefficient (Wildman–Crippen LogP) is 3.69. The first-order chi connectivity index (χ1) is 13.7. The topological polar surface area (TPSA) is 56.6 Å². The lowest BCUT2D eigenvalue weighted by molar-refractivity contribution is 0.0728. The van der Waals surface area contributed by atoms with E-state index < -0.39 is 0 Å². The summed E-state index contributed by atoms with van der Waals surface area (Å²) in [5.41, 5.74) is 2.43. The van der Waals surface area contributed by atoms with Crippen molar-refractivity contribution in [1.82, 2.24) is 14.7 Å². The smallest absolute Gasteiger partial charge is 0.257 e. The number of para-hydroxylation sites is 1. The van der Waals surface area contributed by atoms with Gasteiger partial charge in [-0.15, -0.1) is 0 Å². The number of amides is 1. The molecule has 1 amide bonds. The van der Waals surface area contributed by atoms with E-state index in [-0.39, 0.29) is 11.9 Å². The van der Waals surface area contributed by atoms with E-state index in [1.807, 2.05) is 53.4 Å². The van der Waals surface area contributed by atoms with Gasteiger partial charge < -0.3 is 14.4 Å². The maximum atomic E-state index is 13.2. The van der Waals surface area contributed by atoms with Gasteiger partial charge in [0.1, 0.15) is 11.5 Å². The Hall–Kier alpha value is -3.28. The van der Waals surface area contributed by atoms with Crippen LogP contribution < -0.4 is 9.47 Å². The van der Waals surface area contributed by atoms with Gasteiger partial charge in [-0.2, -0.15) is 5.10 Å². The molecule has 1 aliphatic carbocycles. The summed E-state index contributed by atoms with van der Waals surface area (Å²) in [5, 5.41) is 4.36. The Bertz CT molecular complexity index is 964. The molecule has 4 rings (SSSR count). The molecule has 6 nitrogen and oxygen atoms in total. The number of rotatable bonds is 7. The second kappa shape index (κ2) is 7.76. The molecule has 28 heavy (non-hydrogen) atoms. The minimum absolute atomic E-state index is 0.0189. The Kier molecular flexibility index (Phi) is 5.02. The third-order valence-corrected chi connectivity index (χ3v) is 4.93. The zero-order chi connectivity index (χ0) is 19.5. The van der Waals surface area contributed by atoms with E-state index in [0.29, 0.717) is 12.1 Å². The minimum atomic E-state index is -0.0189. The quantitative estimate of drug-likeness (QED) is 0.630. The monoisotopic (exact) mass is 377 g/mol. The molecule has 0 atom stereocenters. The molecule has 0 unspecified atom stereocenters. The van der Waals surface area contributed by atoms with Crippen LogP contribution in [0.4, 0.5) is 0 Å². The molecule has 1 saturated carbocycles. The van der Waals surface area contributed by atoms with E-state index in [1.165, 1.54) is 0 Å². The predicted molar refractivity (Wildman–Crippen MR) is 106 cm³/mol. The highest BCUT2D eigenvalue weighted by atomic mass is 16.5. The van der Waals surface area contributed by atoms with Gasteiger partial charge in [0, 0.05) is 17.8 Å². The first-order valence-electron chi connectivity index (χ1n) is 9.31. The lowest BCUT2D eigenvalue weighted by Gasteiger charge is -2.23. The molecule has 0 spiro atoms. The number of methoxy groups -OCH3 is 2. The fourth-order valence-electron chi connectivity index (χ4n) is 3.26. The number of benzene rings is 2. The zero-order valence-corrected chi connectivity index (χ0v) is 16.0. The number of nitrogens with zero attached hydrogens (tertiary/aromatic N) is 3. The van der Waals surface area contributed by atoms with Gasteiger partial charge in [-0.25, -0.2) is 4.68 Å². The summed E-state index contributed by atoms with van der Waals surface area (Å²) in [6, 6.07) is 15.7. The third-order valence-electron chi connectivity index (χ3n) is 4.93. The van der Waals surface area contributed by atoms with Gasteiger partial charge >= 0.3 is 0 Å². The summed E-state index contributed by atoms with van der Waals surface area (Å²) in [5.74, 6) is 1.48. The summed E-state index contributed by atoms with van der Waals surface area (Å²) >= 11 is 0. The van der Waals surface area contributed by atoms with Crippen molar-refractivity contribution >= 4 is 5.91 Å². The highest BCUT2D eigenvalue weighted by Crippen LogP contribution is 2.33. The van der Waals surface area contributed by atoms with Crippen LogP contribution in [-0.2, 0) is 6.54 Å². The highest BCUT2D eigenvalue weighted by Gasteiger charge is 2.34. The van der Waals surface area contributed by atoms with Gasteiger partial charge in [-0.1, -0.05) is 18.2 Å². The Balaban J connectivity index is 1.59. The number of carbonyl (C=O) groups excluding carboxylic acids is 1. The summed E-state index contributed by atoms with van der Waals surface area (Å²) in [7, 11) is 3.27. The van der Waals surface area contributed by atoms with E-state index >= 15 is 0 Å². The van der Waals surface area contributed by atoms with Crippen LogP contribution in [0.15, 0.2) is 60.9 Å². The zero-order valence-electron chi connectivity index (χ0n) is 16.0. The van der Waals surface area contributed by atoms with Crippen LogP contribution in [-0.4, -0.2) is 40.8 Å². The molecular weight excluding hydrogens is 354 g/mol. The number of carbonyl (C=O) groups is 1. The van der Waals surface area contributed by atoms with E-state index in [2.05, 4.69) is 5.10 Å². The van der Waals surface area contributed by atoms with Crippen LogP contribution in [0.5, 0.6) is 11.5 Å². The molecule has 0 saturated heterocycles. The van der Waals surface area contributed by atoms with Gasteiger partial charge in [0.25, 0.3) is 5.91 Å². The molecule has 2 aromatic carbocycles. The maximum absolute atomic E-state index is 13.2. The molecule has 1 fully saturated rings. The lowest BCUT2D eigenvalue weighted by Crippen LogP contribution is -2.32. The Labute approximate surface area is 164 Å². The van der Waals surface area contributed by atoms with Crippen LogP contribution in [0, 0.1) is 0 Å². The van der Waals surface area contributed by atoms with Crippen molar-refractivity contribution in [1.29, 1.82) is 0 Å². The average Bonchev–Trinajstić information content (AvgIpc) is 3.47. The number of ether oxygens (including phenoxy) is 2. The van der Waals surface area contributed by atoms with Crippen LogP contribution >= 0.6 is 0 Å². The molecule has 0 aliphatic heterocycles. The van der Waals surface area contributed by atoms with Crippen molar-refractivity contribution in [3.63, 3.8) is 0 Å². The third kappa shape index (κ3) is 3.71. The number of hydrogen-bond donors (Lipinski definition) is 0. The Morgan fingerprint density at radius 1 is 1.14 bits per heavy atom. The van der Waals surface area contributed by atoms with E-state index in [1.54, 1.807) is 31.3 Å². The molecule has 0 bridgehead atoms. The highest BCUT2D eigenvalue weighted by molar-refractivity contribution is 5.94. The van der Waals surface area contributed by atoms with Crippen LogP contribution in [0.1, 0.15) is 28.8 Å². The van der Waals surface area contributed by atoms with Crippen LogP contribution in [0.3, 0.4) is 0 Å². The van der Waals surface area contributed by atoms with Gasteiger partial charge in [-0.3, -0.25) is 4.79 Å². The molecule has 1 heterocycles. The fourth-order valence-corrected chi connectivity index (χ4v) is 3.26. The molecule has 1 aromatic heterocycles. The Morgan fingerprint density at radius 3 is 2.61 bits per heavy atom. The second-order valence-electron chi connectivity index (χ2n) is 6.85. The summed E-state index contributed by atoms with van der Waals surface area (Å²) in [6.45, 7) is 0.473. The average molecular weight is 377 g/mol. The van der Waals surface area contributed by atoms with Crippen molar-refractivity contribution in [2.24, 2.45) is 0 Å². The fraction of sp³-hybridized carbons (Fsp3) is 0.273. The first kappa shape index (κ1) is 18.1. The van der Waals surface area contributed by atoms with Crippen LogP contribution in [0.25, 0.3) is 5.69 Å². The molecule has 1 aliphatic rings. The molecule has 144 valence electrons. The summed E-state index contributed by atoms with van der Waals surface area (Å²) in [6.07, 6.45) is 5.46. The van der Waals surface area contributed by atoms with Crippen molar-refractivity contribution < 1.29 is 14.3 Å². The normalized spacial score (nSPS) is 13.2.